The van der Waals surface area contributed by atoms with Crippen molar-refractivity contribution in [2.75, 3.05) is 19.6 Å². The summed E-state index contributed by atoms with van der Waals surface area (Å²) in [6.07, 6.45) is 0.348. The predicted octanol–water partition coefficient (Wildman–Crippen LogP) is 4.71. The number of benzene rings is 2. The number of thiazole rings is 1. The molecule has 0 bridgehead atoms. The molecule has 1 aliphatic rings. The number of hydrogen-bond acceptors (Lipinski definition) is 4. The standard InChI is InChI=1S/C23H25N3OS.2ClH/c1-16-6-5-9-18(10-16)23-25-20(15-28-23)11-22(27)26-13-19(12-24)21(14-26)17-7-3-2-4-8-17;;/h2-10,15,19,21H,11-14,24H2,1H3;2*1H/t19-,21+;;/m1../s1. The van der Waals surface area contributed by atoms with Crippen molar-refractivity contribution in [2.45, 2.75) is 19.3 Å². The average Bonchev–Trinajstić information content (AvgIpc) is 3.36. The van der Waals surface area contributed by atoms with E-state index in [1.165, 1.54) is 11.1 Å². The number of amides is 1. The molecule has 7 heteroatoms. The zero-order chi connectivity index (χ0) is 19.5. The SMILES string of the molecule is Cc1cccc(-c2nc(CC(=O)N3C[C@@H](CN)[C@H](c4ccccc4)C3)cs2)c1.Cl.Cl. The molecule has 2 N–H and O–H groups in total. The first-order valence-electron chi connectivity index (χ1n) is 9.68. The molecule has 4 rings (SSSR count). The molecule has 1 aliphatic heterocycles. The zero-order valence-corrected chi connectivity index (χ0v) is 19.3. The van der Waals surface area contributed by atoms with Crippen LogP contribution in [0.15, 0.2) is 60.0 Å². The van der Waals surface area contributed by atoms with Crippen LogP contribution >= 0.6 is 36.2 Å². The van der Waals surface area contributed by atoms with E-state index in [0.29, 0.717) is 24.8 Å². The second-order valence-electron chi connectivity index (χ2n) is 7.50. The maximum atomic E-state index is 12.9. The van der Waals surface area contributed by atoms with Gasteiger partial charge >= 0.3 is 0 Å². The molecule has 2 atom stereocenters. The first-order valence-corrected chi connectivity index (χ1v) is 10.6. The number of hydrogen-bond donors (Lipinski definition) is 1. The minimum absolute atomic E-state index is 0. The lowest BCUT2D eigenvalue weighted by Gasteiger charge is -2.16. The minimum atomic E-state index is 0. The molecule has 0 radical (unpaired) electrons. The quantitative estimate of drug-likeness (QED) is 0.595. The summed E-state index contributed by atoms with van der Waals surface area (Å²) in [7, 11) is 0. The van der Waals surface area contributed by atoms with Crippen LogP contribution in [0.3, 0.4) is 0 Å². The molecule has 4 nitrogen and oxygen atoms in total. The third-order valence-corrected chi connectivity index (χ3v) is 6.41. The number of carbonyl (C=O) groups is 1. The van der Waals surface area contributed by atoms with Crippen LogP contribution in [0, 0.1) is 12.8 Å². The summed E-state index contributed by atoms with van der Waals surface area (Å²) >= 11 is 1.60. The van der Waals surface area contributed by atoms with Gasteiger partial charge in [-0.2, -0.15) is 0 Å². The van der Waals surface area contributed by atoms with E-state index < -0.39 is 0 Å². The third-order valence-electron chi connectivity index (χ3n) is 5.47. The van der Waals surface area contributed by atoms with Crippen molar-refractivity contribution in [3.63, 3.8) is 0 Å². The minimum Gasteiger partial charge on any atom is -0.341 e. The highest BCUT2D eigenvalue weighted by Gasteiger charge is 2.35. The van der Waals surface area contributed by atoms with E-state index in [4.69, 9.17) is 10.7 Å². The van der Waals surface area contributed by atoms with Gasteiger partial charge in [-0.15, -0.1) is 36.2 Å². The summed E-state index contributed by atoms with van der Waals surface area (Å²) in [4.78, 5) is 19.6. The summed E-state index contributed by atoms with van der Waals surface area (Å²) in [5.74, 6) is 0.760. The summed E-state index contributed by atoms with van der Waals surface area (Å²) in [6, 6.07) is 18.7. The Hall–Kier alpha value is -1.92. The lowest BCUT2D eigenvalue weighted by molar-refractivity contribution is -0.129. The van der Waals surface area contributed by atoms with E-state index in [9.17, 15) is 4.79 Å². The first kappa shape index (κ1) is 24.4. The van der Waals surface area contributed by atoms with Gasteiger partial charge < -0.3 is 10.6 Å². The Balaban J connectivity index is 0.00000160. The number of halogens is 2. The number of nitrogens with zero attached hydrogens (tertiary/aromatic N) is 2. The van der Waals surface area contributed by atoms with Gasteiger partial charge in [0.05, 0.1) is 12.1 Å². The van der Waals surface area contributed by atoms with Crippen LogP contribution in [-0.2, 0) is 11.2 Å². The molecule has 0 spiro atoms. The molecule has 0 unspecified atom stereocenters. The normalized spacial score (nSPS) is 17.9. The van der Waals surface area contributed by atoms with Gasteiger partial charge in [0.2, 0.25) is 5.91 Å². The molecule has 1 saturated heterocycles. The van der Waals surface area contributed by atoms with Gasteiger partial charge in [-0.3, -0.25) is 4.79 Å². The van der Waals surface area contributed by atoms with Crippen LogP contribution in [0.1, 0.15) is 22.7 Å². The molecule has 1 fully saturated rings. The molecule has 2 aromatic carbocycles. The van der Waals surface area contributed by atoms with Gasteiger partial charge in [-0.05, 0) is 31.0 Å². The lowest BCUT2D eigenvalue weighted by atomic mass is 9.89. The fourth-order valence-electron chi connectivity index (χ4n) is 3.96. The van der Waals surface area contributed by atoms with Crippen molar-refractivity contribution >= 4 is 42.1 Å². The Labute approximate surface area is 194 Å². The van der Waals surface area contributed by atoms with Crippen LogP contribution in [-0.4, -0.2) is 35.4 Å². The monoisotopic (exact) mass is 463 g/mol. The Morgan fingerprint density at radius 1 is 1.13 bits per heavy atom. The van der Waals surface area contributed by atoms with E-state index in [2.05, 4.69) is 49.4 Å². The molecular formula is C23H27Cl2N3OS. The van der Waals surface area contributed by atoms with E-state index in [0.717, 1.165) is 29.4 Å². The zero-order valence-electron chi connectivity index (χ0n) is 16.9. The summed E-state index contributed by atoms with van der Waals surface area (Å²) in [5.41, 5.74) is 10.4. The average molecular weight is 464 g/mol. The lowest BCUT2D eigenvalue weighted by Crippen LogP contribution is -2.31. The number of carbonyl (C=O) groups excluding carboxylic acids is 1. The van der Waals surface area contributed by atoms with Crippen molar-refractivity contribution in [1.82, 2.24) is 9.88 Å². The first-order chi connectivity index (χ1) is 13.6. The molecule has 30 heavy (non-hydrogen) atoms. The van der Waals surface area contributed by atoms with E-state index in [1.54, 1.807) is 11.3 Å². The molecule has 1 amide bonds. The highest BCUT2D eigenvalue weighted by molar-refractivity contribution is 7.13. The van der Waals surface area contributed by atoms with Crippen LogP contribution in [0.4, 0.5) is 0 Å². The molecule has 1 aromatic heterocycles. The van der Waals surface area contributed by atoms with Gasteiger partial charge in [0.25, 0.3) is 0 Å². The Kier molecular flexibility index (Phi) is 8.86. The smallest absolute Gasteiger partial charge is 0.228 e. The highest BCUT2D eigenvalue weighted by Crippen LogP contribution is 2.32. The third kappa shape index (κ3) is 5.41. The van der Waals surface area contributed by atoms with Crippen molar-refractivity contribution in [3.05, 3.63) is 76.8 Å². The van der Waals surface area contributed by atoms with Gasteiger partial charge in [-0.25, -0.2) is 4.98 Å². The largest absolute Gasteiger partial charge is 0.341 e. The predicted molar refractivity (Wildman–Crippen MR) is 129 cm³/mol. The molecule has 0 aliphatic carbocycles. The van der Waals surface area contributed by atoms with Crippen LogP contribution in [0.2, 0.25) is 0 Å². The molecule has 160 valence electrons. The Morgan fingerprint density at radius 2 is 1.90 bits per heavy atom. The highest BCUT2D eigenvalue weighted by atomic mass is 35.5. The van der Waals surface area contributed by atoms with Crippen molar-refractivity contribution in [1.29, 1.82) is 0 Å². The van der Waals surface area contributed by atoms with E-state index >= 15 is 0 Å². The molecule has 3 aromatic rings. The van der Waals surface area contributed by atoms with Gasteiger partial charge in [0.15, 0.2) is 0 Å². The number of aryl methyl sites for hydroxylation is 1. The number of rotatable bonds is 5. The fourth-order valence-corrected chi connectivity index (χ4v) is 4.77. The molecular weight excluding hydrogens is 437 g/mol. The second kappa shape index (κ2) is 10.9. The maximum absolute atomic E-state index is 12.9. The van der Waals surface area contributed by atoms with Crippen molar-refractivity contribution in [2.24, 2.45) is 11.7 Å². The second-order valence-corrected chi connectivity index (χ2v) is 8.36. The fraction of sp³-hybridized carbons (Fsp3) is 0.304. The maximum Gasteiger partial charge on any atom is 0.228 e. The van der Waals surface area contributed by atoms with Gasteiger partial charge in [0, 0.05) is 30.0 Å². The number of aromatic nitrogens is 1. The number of likely N-dealkylation sites (tertiary alicyclic amines) is 1. The van der Waals surface area contributed by atoms with Crippen LogP contribution < -0.4 is 5.73 Å². The number of nitrogens with two attached hydrogens (primary N) is 1. The Morgan fingerprint density at radius 3 is 2.60 bits per heavy atom. The van der Waals surface area contributed by atoms with E-state index in [1.807, 2.05) is 22.4 Å². The Bertz CT molecular complexity index is 964. The van der Waals surface area contributed by atoms with Gasteiger partial charge in [0.1, 0.15) is 5.01 Å². The summed E-state index contributed by atoms with van der Waals surface area (Å²) in [6.45, 7) is 4.13. The topological polar surface area (TPSA) is 59.2 Å². The van der Waals surface area contributed by atoms with Crippen molar-refractivity contribution < 1.29 is 4.79 Å². The summed E-state index contributed by atoms with van der Waals surface area (Å²) in [5, 5.41) is 2.97. The van der Waals surface area contributed by atoms with Crippen LogP contribution in [0.25, 0.3) is 10.6 Å². The van der Waals surface area contributed by atoms with Crippen LogP contribution in [0.5, 0.6) is 0 Å². The molecule has 0 saturated carbocycles. The van der Waals surface area contributed by atoms with Crippen molar-refractivity contribution in [3.8, 4) is 10.6 Å². The van der Waals surface area contributed by atoms with Gasteiger partial charge in [-0.1, -0.05) is 54.1 Å². The molecule has 2 heterocycles. The van der Waals surface area contributed by atoms with E-state index in [-0.39, 0.29) is 30.7 Å². The summed E-state index contributed by atoms with van der Waals surface area (Å²) < 4.78 is 0.